The Kier molecular flexibility index (Phi) is 5.19. The number of H-pyrrole nitrogens is 1. The van der Waals surface area contributed by atoms with Crippen LogP contribution in [-0.4, -0.2) is 23.9 Å². The highest BCUT2D eigenvalue weighted by Gasteiger charge is 2.13. The van der Waals surface area contributed by atoms with Crippen LogP contribution in [0.4, 0.5) is 11.4 Å². The standard InChI is InChI=1S/C19H18N4O3/c1-26-14-10-8-13(9-11-14)21-16-6-3-2-5-15(16)18(24)22-23-19(25)17-7-4-12-20-17/h2-12,20-21H,1H3,(H,22,24)(H,23,25). The van der Waals surface area contributed by atoms with Crippen molar-refractivity contribution < 1.29 is 14.3 Å². The Morgan fingerprint density at radius 2 is 1.62 bits per heavy atom. The van der Waals surface area contributed by atoms with Crippen molar-refractivity contribution in [2.75, 3.05) is 12.4 Å². The molecular weight excluding hydrogens is 332 g/mol. The summed E-state index contributed by atoms with van der Waals surface area (Å²) in [6.45, 7) is 0. The van der Waals surface area contributed by atoms with Gasteiger partial charge in [-0.2, -0.15) is 0 Å². The van der Waals surface area contributed by atoms with Crippen molar-refractivity contribution in [1.29, 1.82) is 0 Å². The molecule has 0 fully saturated rings. The van der Waals surface area contributed by atoms with Crippen LogP contribution in [0.3, 0.4) is 0 Å². The molecule has 0 atom stereocenters. The SMILES string of the molecule is COc1ccc(Nc2ccccc2C(=O)NNC(=O)c2ccc[nH]2)cc1. The van der Waals surface area contributed by atoms with Crippen LogP contribution in [0.2, 0.25) is 0 Å². The average molecular weight is 350 g/mol. The van der Waals surface area contributed by atoms with Crippen LogP contribution < -0.4 is 20.9 Å². The maximum Gasteiger partial charge on any atom is 0.286 e. The summed E-state index contributed by atoms with van der Waals surface area (Å²) < 4.78 is 5.13. The number of carbonyl (C=O) groups is 2. The monoisotopic (exact) mass is 350 g/mol. The molecule has 0 aliphatic rings. The molecule has 3 rings (SSSR count). The summed E-state index contributed by atoms with van der Waals surface area (Å²) in [4.78, 5) is 27.1. The van der Waals surface area contributed by atoms with E-state index < -0.39 is 11.8 Å². The summed E-state index contributed by atoms with van der Waals surface area (Å²) in [6, 6.07) is 17.7. The molecule has 0 saturated carbocycles. The van der Waals surface area contributed by atoms with Crippen molar-refractivity contribution in [3.05, 3.63) is 78.1 Å². The summed E-state index contributed by atoms with van der Waals surface area (Å²) in [5.74, 6) is -0.112. The number of nitrogens with one attached hydrogen (secondary N) is 4. The number of amides is 2. The molecule has 0 aliphatic carbocycles. The number of benzene rings is 2. The van der Waals surface area contributed by atoms with Gasteiger partial charge in [0, 0.05) is 11.9 Å². The number of hydrazine groups is 1. The van der Waals surface area contributed by atoms with Gasteiger partial charge in [-0.15, -0.1) is 0 Å². The second kappa shape index (κ2) is 7.89. The van der Waals surface area contributed by atoms with Crippen molar-refractivity contribution in [3.63, 3.8) is 0 Å². The van der Waals surface area contributed by atoms with E-state index in [0.717, 1.165) is 11.4 Å². The average Bonchev–Trinajstić information content (AvgIpc) is 3.22. The Bertz CT molecular complexity index is 889. The lowest BCUT2D eigenvalue weighted by Gasteiger charge is -2.13. The van der Waals surface area contributed by atoms with Crippen LogP contribution in [0.25, 0.3) is 0 Å². The van der Waals surface area contributed by atoms with Crippen LogP contribution in [0, 0.1) is 0 Å². The van der Waals surface area contributed by atoms with Crippen LogP contribution >= 0.6 is 0 Å². The van der Waals surface area contributed by atoms with E-state index in [1.54, 1.807) is 43.6 Å². The minimum atomic E-state index is -0.429. The summed E-state index contributed by atoms with van der Waals surface area (Å²) in [5, 5.41) is 3.18. The molecule has 1 heterocycles. The number of hydrogen-bond donors (Lipinski definition) is 4. The number of aromatic amines is 1. The number of ether oxygens (including phenoxy) is 1. The van der Waals surface area contributed by atoms with E-state index >= 15 is 0 Å². The van der Waals surface area contributed by atoms with Gasteiger partial charge in [0.1, 0.15) is 11.4 Å². The first kappa shape index (κ1) is 17.1. The van der Waals surface area contributed by atoms with Crippen LogP contribution in [0.1, 0.15) is 20.8 Å². The zero-order valence-corrected chi connectivity index (χ0v) is 14.1. The molecule has 3 aromatic rings. The maximum atomic E-state index is 12.4. The van der Waals surface area contributed by atoms with E-state index in [9.17, 15) is 9.59 Å². The third kappa shape index (κ3) is 4.02. The summed E-state index contributed by atoms with van der Waals surface area (Å²) in [5.41, 5.74) is 6.97. The predicted octanol–water partition coefficient (Wildman–Crippen LogP) is 2.84. The summed E-state index contributed by atoms with van der Waals surface area (Å²) in [6.07, 6.45) is 1.63. The lowest BCUT2D eigenvalue weighted by Crippen LogP contribution is -2.41. The molecule has 132 valence electrons. The molecule has 0 bridgehead atoms. The van der Waals surface area contributed by atoms with Gasteiger partial charge >= 0.3 is 0 Å². The fourth-order valence-electron chi connectivity index (χ4n) is 2.34. The topological polar surface area (TPSA) is 95.2 Å². The van der Waals surface area contributed by atoms with Crippen LogP contribution in [0.5, 0.6) is 5.75 Å². The van der Waals surface area contributed by atoms with Gasteiger partial charge < -0.3 is 15.0 Å². The van der Waals surface area contributed by atoms with Crippen molar-refractivity contribution in [3.8, 4) is 5.75 Å². The van der Waals surface area contributed by atoms with E-state index in [4.69, 9.17) is 4.74 Å². The molecular formula is C19H18N4O3. The zero-order valence-electron chi connectivity index (χ0n) is 14.1. The fourth-order valence-corrected chi connectivity index (χ4v) is 2.34. The number of carbonyl (C=O) groups excluding carboxylic acids is 2. The van der Waals surface area contributed by atoms with E-state index in [-0.39, 0.29) is 0 Å². The molecule has 7 nitrogen and oxygen atoms in total. The lowest BCUT2D eigenvalue weighted by molar-refractivity contribution is 0.0844. The number of hydrogen-bond acceptors (Lipinski definition) is 4. The van der Waals surface area contributed by atoms with Crippen molar-refractivity contribution in [1.82, 2.24) is 15.8 Å². The Morgan fingerprint density at radius 3 is 2.31 bits per heavy atom. The normalized spacial score (nSPS) is 10.0. The molecule has 0 saturated heterocycles. The minimum Gasteiger partial charge on any atom is -0.497 e. The molecule has 0 spiro atoms. The number of aromatic nitrogens is 1. The first-order valence-corrected chi connectivity index (χ1v) is 7.91. The molecule has 4 N–H and O–H groups in total. The van der Waals surface area contributed by atoms with Gasteiger partial charge in [-0.25, -0.2) is 0 Å². The molecule has 0 unspecified atom stereocenters. The summed E-state index contributed by atoms with van der Waals surface area (Å²) >= 11 is 0. The van der Waals surface area contributed by atoms with Gasteiger partial charge in [-0.05, 0) is 48.5 Å². The van der Waals surface area contributed by atoms with E-state index in [0.29, 0.717) is 16.9 Å². The first-order valence-electron chi connectivity index (χ1n) is 7.91. The van der Waals surface area contributed by atoms with Crippen molar-refractivity contribution in [2.24, 2.45) is 0 Å². The molecule has 26 heavy (non-hydrogen) atoms. The number of anilines is 2. The second-order valence-electron chi connectivity index (χ2n) is 5.39. The lowest BCUT2D eigenvalue weighted by atomic mass is 10.1. The highest BCUT2D eigenvalue weighted by atomic mass is 16.5. The highest BCUT2D eigenvalue weighted by molar-refractivity contribution is 6.02. The third-order valence-corrected chi connectivity index (χ3v) is 3.67. The van der Waals surface area contributed by atoms with E-state index in [1.807, 2.05) is 30.3 Å². The quantitative estimate of drug-likeness (QED) is 0.532. The fraction of sp³-hybridized carbons (Fsp3) is 0.0526. The van der Waals surface area contributed by atoms with E-state index in [1.165, 1.54) is 0 Å². The summed E-state index contributed by atoms with van der Waals surface area (Å²) in [7, 11) is 1.60. The molecule has 0 aliphatic heterocycles. The van der Waals surface area contributed by atoms with Gasteiger partial charge in [0.2, 0.25) is 0 Å². The second-order valence-corrected chi connectivity index (χ2v) is 5.39. The third-order valence-electron chi connectivity index (χ3n) is 3.67. The Labute approximate surface area is 150 Å². The van der Waals surface area contributed by atoms with Gasteiger partial charge in [-0.3, -0.25) is 20.4 Å². The maximum absolute atomic E-state index is 12.4. The molecule has 2 aromatic carbocycles. The number of rotatable bonds is 5. The van der Waals surface area contributed by atoms with E-state index in [2.05, 4.69) is 21.2 Å². The van der Waals surface area contributed by atoms with Crippen LogP contribution in [-0.2, 0) is 0 Å². The Hall–Kier alpha value is -3.74. The minimum absolute atomic E-state index is 0.356. The molecule has 7 heteroatoms. The molecule has 2 amide bonds. The molecule has 0 radical (unpaired) electrons. The van der Waals surface area contributed by atoms with Crippen molar-refractivity contribution >= 4 is 23.2 Å². The van der Waals surface area contributed by atoms with Gasteiger partial charge in [0.25, 0.3) is 11.8 Å². The molecule has 1 aromatic heterocycles. The van der Waals surface area contributed by atoms with Crippen molar-refractivity contribution in [2.45, 2.75) is 0 Å². The number of methoxy groups -OCH3 is 1. The van der Waals surface area contributed by atoms with Crippen LogP contribution in [0.15, 0.2) is 66.9 Å². The Morgan fingerprint density at radius 1 is 0.885 bits per heavy atom. The van der Waals surface area contributed by atoms with Gasteiger partial charge in [0.05, 0.1) is 18.4 Å². The van der Waals surface area contributed by atoms with Gasteiger partial charge in [-0.1, -0.05) is 12.1 Å². The number of para-hydroxylation sites is 1. The van der Waals surface area contributed by atoms with Gasteiger partial charge in [0.15, 0.2) is 0 Å². The zero-order chi connectivity index (χ0) is 18.4. The Balaban J connectivity index is 1.69. The highest BCUT2D eigenvalue weighted by Crippen LogP contribution is 2.22. The largest absolute Gasteiger partial charge is 0.497 e. The first-order chi connectivity index (χ1) is 12.7. The predicted molar refractivity (Wildman–Crippen MR) is 98.4 cm³/mol. The smallest absolute Gasteiger partial charge is 0.286 e.